The van der Waals surface area contributed by atoms with Crippen molar-refractivity contribution in [3.63, 3.8) is 0 Å². The van der Waals surface area contributed by atoms with Crippen molar-refractivity contribution in [3.05, 3.63) is 29.3 Å². The SMILES string of the molecule is Cl.NCCNC(=O)Cc1ccc2c(c1)CCO2. The number of hydrogen-bond donors (Lipinski definition) is 2. The molecule has 94 valence electrons. The molecule has 0 spiro atoms. The van der Waals surface area contributed by atoms with E-state index in [1.54, 1.807) is 0 Å². The molecule has 4 nitrogen and oxygen atoms in total. The Morgan fingerprint density at radius 1 is 1.47 bits per heavy atom. The van der Waals surface area contributed by atoms with Crippen LogP contribution in [-0.4, -0.2) is 25.6 Å². The molecule has 3 N–H and O–H groups in total. The fraction of sp³-hybridized carbons (Fsp3) is 0.417. The van der Waals surface area contributed by atoms with Gasteiger partial charge in [0.15, 0.2) is 0 Å². The molecular weight excluding hydrogens is 240 g/mol. The van der Waals surface area contributed by atoms with Gasteiger partial charge in [-0.05, 0) is 17.2 Å². The maximum absolute atomic E-state index is 11.5. The van der Waals surface area contributed by atoms with Gasteiger partial charge < -0.3 is 15.8 Å². The van der Waals surface area contributed by atoms with Gasteiger partial charge in [-0.3, -0.25) is 4.79 Å². The minimum absolute atomic E-state index is 0. The molecule has 2 rings (SSSR count). The van der Waals surface area contributed by atoms with Gasteiger partial charge in [0.25, 0.3) is 0 Å². The van der Waals surface area contributed by atoms with E-state index in [9.17, 15) is 4.79 Å². The van der Waals surface area contributed by atoms with Gasteiger partial charge >= 0.3 is 0 Å². The molecule has 5 heteroatoms. The summed E-state index contributed by atoms with van der Waals surface area (Å²) in [5.74, 6) is 0.968. The number of nitrogens with two attached hydrogens (primary N) is 1. The number of halogens is 1. The van der Waals surface area contributed by atoms with Crippen molar-refractivity contribution in [2.45, 2.75) is 12.8 Å². The van der Waals surface area contributed by atoms with Crippen LogP contribution in [0, 0.1) is 0 Å². The number of hydrogen-bond acceptors (Lipinski definition) is 3. The maximum Gasteiger partial charge on any atom is 0.224 e. The zero-order chi connectivity index (χ0) is 11.4. The van der Waals surface area contributed by atoms with Crippen LogP contribution in [0.3, 0.4) is 0 Å². The van der Waals surface area contributed by atoms with E-state index in [0.29, 0.717) is 19.5 Å². The number of carbonyl (C=O) groups is 1. The van der Waals surface area contributed by atoms with Crippen molar-refractivity contribution in [3.8, 4) is 5.75 Å². The Labute approximate surface area is 107 Å². The summed E-state index contributed by atoms with van der Waals surface area (Å²) < 4.78 is 5.41. The van der Waals surface area contributed by atoms with Gasteiger partial charge in [-0.1, -0.05) is 12.1 Å². The van der Waals surface area contributed by atoms with E-state index < -0.39 is 0 Å². The van der Waals surface area contributed by atoms with Crippen molar-refractivity contribution in [1.82, 2.24) is 5.32 Å². The standard InChI is InChI=1S/C12H16N2O2.ClH/c13-4-5-14-12(15)8-9-1-2-11-10(7-9)3-6-16-11;/h1-2,7H,3-6,8,13H2,(H,14,15);1H. The first kappa shape index (κ1) is 13.8. The van der Waals surface area contributed by atoms with Crippen LogP contribution in [0.15, 0.2) is 18.2 Å². The molecule has 17 heavy (non-hydrogen) atoms. The van der Waals surface area contributed by atoms with Gasteiger partial charge in [0.1, 0.15) is 5.75 Å². The van der Waals surface area contributed by atoms with Gasteiger partial charge in [-0.2, -0.15) is 0 Å². The smallest absolute Gasteiger partial charge is 0.224 e. The zero-order valence-corrected chi connectivity index (χ0v) is 10.4. The molecule has 0 aromatic heterocycles. The Morgan fingerprint density at radius 3 is 3.06 bits per heavy atom. The maximum atomic E-state index is 11.5. The van der Waals surface area contributed by atoms with Crippen LogP contribution in [0.4, 0.5) is 0 Å². The predicted octanol–water partition coefficient (Wildman–Crippen LogP) is 0.661. The van der Waals surface area contributed by atoms with Crippen molar-refractivity contribution in [2.24, 2.45) is 5.73 Å². The van der Waals surface area contributed by atoms with E-state index in [1.807, 2.05) is 18.2 Å². The molecule has 0 radical (unpaired) electrons. The molecule has 0 saturated heterocycles. The van der Waals surface area contributed by atoms with Gasteiger partial charge in [0.2, 0.25) is 5.91 Å². The van der Waals surface area contributed by atoms with Crippen LogP contribution in [0.2, 0.25) is 0 Å². The summed E-state index contributed by atoms with van der Waals surface area (Å²) in [6.07, 6.45) is 1.35. The second-order valence-electron chi connectivity index (χ2n) is 3.86. The third kappa shape index (κ3) is 3.61. The Balaban J connectivity index is 0.00000144. The minimum Gasteiger partial charge on any atom is -0.493 e. The first-order valence-corrected chi connectivity index (χ1v) is 5.51. The molecule has 0 unspecified atom stereocenters. The normalized spacial score (nSPS) is 12.3. The molecule has 0 atom stereocenters. The van der Waals surface area contributed by atoms with Crippen LogP contribution in [0.5, 0.6) is 5.75 Å². The summed E-state index contributed by atoms with van der Waals surface area (Å²) in [6, 6.07) is 5.92. The molecule has 1 amide bonds. The van der Waals surface area contributed by atoms with Crippen molar-refractivity contribution < 1.29 is 9.53 Å². The van der Waals surface area contributed by atoms with E-state index in [-0.39, 0.29) is 18.3 Å². The first-order valence-electron chi connectivity index (χ1n) is 5.51. The first-order chi connectivity index (χ1) is 7.79. The largest absolute Gasteiger partial charge is 0.493 e. The van der Waals surface area contributed by atoms with Crippen molar-refractivity contribution >= 4 is 18.3 Å². The summed E-state index contributed by atoms with van der Waals surface area (Å²) >= 11 is 0. The lowest BCUT2D eigenvalue weighted by Gasteiger charge is -2.05. The number of benzene rings is 1. The summed E-state index contributed by atoms with van der Waals surface area (Å²) in [4.78, 5) is 11.5. The number of rotatable bonds is 4. The Hall–Kier alpha value is -1.26. The minimum atomic E-state index is 0. The van der Waals surface area contributed by atoms with E-state index >= 15 is 0 Å². The van der Waals surface area contributed by atoms with Crippen molar-refractivity contribution in [2.75, 3.05) is 19.7 Å². The number of carbonyl (C=O) groups excluding carboxylic acids is 1. The van der Waals surface area contributed by atoms with Crippen molar-refractivity contribution in [1.29, 1.82) is 0 Å². The molecule has 1 aliphatic rings. The van der Waals surface area contributed by atoms with Gasteiger partial charge in [0.05, 0.1) is 13.0 Å². The lowest BCUT2D eigenvalue weighted by atomic mass is 10.1. The molecule has 1 aromatic rings. The van der Waals surface area contributed by atoms with E-state index in [4.69, 9.17) is 10.5 Å². The Bertz CT molecular complexity index is 396. The molecule has 1 aromatic carbocycles. The third-order valence-corrected chi connectivity index (χ3v) is 2.59. The molecule has 0 bridgehead atoms. The molecule has 1 aliphatic heterocycles. The number of nitrogens with one attached hydrogen (secondary N) is 1. The monoisotopic (exact) mass is 256 g/mol. The van der Waals surface area contributed by atoms with E-state index in [0.717, 1.165) is 24.3 Å². The van der Waals surface area contributed by atoms with Crippen LogP contribution in [0.1, 0.15) is 11.1 Å². The number of amides is 1. The third-order valence-electron chi connectivity index (χ3n) is 2.59. The molecule has 0 aliphatic carbocycles. The van der Waals surface area contributed by atoms with Crippen LogP contribution in [-0.2, 0) is 17.6 Å². The van der Waals surface area contributed by atoms with Gasteiger partial charge in [0, 0.05) is 19.5 Å². The van der Waals surface area contributed by atoms with Crippen LogP contribution in [0.25, 0.3) is 0 Å². The molecule has 0 fully saturated rings. The number of fused-ring (bicyclic) bond motifs is 1. The zero-order valence-electron chi connectivity index (χ0n) is 9.57. The molecule has 1 heterocycles. The lowest BCUT2D eigenvalue weighted by molar-refractivity contribution is -0.120. The second-order valence-corrected chi connectivity index (χ2v) is 3.86. The fourth-order valence-electron chi connectivity index (χ4n) is 1.81. The fourth-order valence-corrected chi connectivity index (χ4v) is 1.81. The quantitative estimate of drug-likeness (QED) is 0.832. The van der Waals surface area contributed by atoms with Crippen LogP contribution < -0.4 is 15.8 Å². The van der Waals surface area contributed by atoms with Gasteiger partial charge in [-0.25, -0.2) is 0 Å². The van der Waals surface area contributed by atoms with E-state index in [1.165, 1.54) is 5.56 Å². The average molecular weight is 257 g/mol. The summed E-state index contributed by atoms with van der Waals surface area (Å²) in [5, 5.41) is 2.75. The number of ether oxygens (including phenoxy) is 1. The Morgan fingerprint density at radius 2 is 2.29 bits per heavy atom. The summed E-state index contributed by atoms with van der Waals surface area (Å²) in [5.41, 5.74) is 7.54. The lowest BCUT2D eigenvalue weighted by Crippen LogP contribution is -2.30. The Kier molecular flexibility index (Phi) is 5.25. The predicted molar refractivity (Wildman–Crippen MR) is 68.7 cm³/mol. The highest BCUT2D eigenvalue weighted by Gasteiger charge is 2.12. The van der Waals surface area contributed by atoms with Crippen LogP contribution >= 0.6 is 12.4 Å². The second kappa shape index (κ2) is 6.47. The molecular formula is C12H17ClN2O2. The summed E-state index contributed by atoms with van der Waals surface area (Å²) in [7, 11) is 0. The highest BCUT2D eigenvalue weighted by Crippen LogP contribution is 2.25. The average Bonchev–Trinajstić information content (AvgIpc) is 2.73. The summed E-state index contributed by atoms with van der Waals surface area (Å²) in [6.45, 7) is 1.76. The topological polar surface area (TPSA) is 64.3 Å². The highest BCUT2D eigenvalue weighted by molar-refractivity contribution is 5.85. The van der Waals surface area contributed by atoms with Gasteiger partial charge in [-0.15, -0.1) is 12.4 Å². The highest BCUT2D eigenvalue weighted by atomic mass is 35.5. The molecule has 0 saturated carbocycles. The van der Waals surface area contributed by atoms with E-state index in [2.05, 4.69) is 5.32 Å².